The van der Waals surface area contributed by atoms with Crippen molar-refractivity contribution < 1.29 is 23.9 Å². The molecule has 0 radical (unpaired) electrons. The molecule has 38 heavy (non-hydrogen) atoms. The van der Waals surface area contributed by atoms with Gasteiger partial charge in [0.2, 0.25) is 5.91 Å². The van der Waals surface area contributed by atoms with E-state index in [1.165, 1.54) is 12.1 Å². The summed E-state index contributed by atoms with van der Waals surface area (Å²) in [5.41, 5.74) is 1.02. The smallest absolute Gasteiger partial charge is 0.265 e. The maximum absolute atomic E-state index is 12.9. The molecule has 1 unspecified atom stereocenters. The molecule has 2 amide bonds. The number of ketones is 1. The van der Waals surface area contributed by atoms with Crippen molar-refractivity contribution >= 4 is 52.2 Å². The minimum absolute atomic E-state index is 0.280. The first-order valence-corrected chi connectivity index (χ1v) is 13.1. The summed E-state index contributed by atoms with van der Waals surface area (Å²) in [6, 6.07) is 18.2. The van der Waals surface area contributed by atoms with Gasteiger partial charge in [-0.3, -0.25) is 14.4 Å². The van der Waals surface area contributed by atoms with Gasteiger partial charge in [0.1, 0.15) is 11.5 Å². The van der Waals surface area contributed by atoms with Crippen molar-refractivity contribution in [1.82, 2.24) is 0 Å². The lowest BCUT2D eigenvalue weighted by Gasteiger charge is -2.18. The molecule has 0 bridgehead atoms. The molecule has 2 N–H and O–H groups in total. The molecule has 0 aromatic heterocycles. The second-order valence-electron chi connectivity index (χ2n) is 8.53. The summed E-state index contributed by atoms with van der Waals surface area (Å²) in [5.74, 6) is -0.0106. The minimum atomic E-state index is -0.741. The van der Waals surface area contributed by atoms with Gasteiger partial charge in [-0.1, -0.05) is 55.6 Å². The lowest BCUT2D eigenvalue weighted by Crippen LogP contribution is -2.32. The second-order valence-corrected chi connectivity index (χ2v) is 9.37. The predicted octanol–water partition coefficient (Wildman–Crippen LogP) is 7.18. The Balaban J connectivity index is 1.57. The van der Waals surface area contributed by atoms with E-state index in [0.717, 1.165) is 18.6 Å². The van der Waals surface area contributed by atoms with Gasteiger partial charge in [-0.05, 0) is 67.4 Å². The Morgan fingerprint density at radius 1 is 0.895 bits per heavy atom. The van der Waals surface area contributed by atoms with Crippen molar-refractivity contribution in [2.24, 2.45) is 0 Å². The summed E-state index contributed by atoms with van der Waals surface area (Å²) in [6.45, 7) is 4.60. The molecule has 0 aliphatic rings. The van der Waals surface area contributed by atoms with Gasteiger partial charge in [-0.2, -0.15) is 0 Å². The van der Waals surface area contributed by atoms with Gasteiger partial charge >= 0.3 is 0 Å². The van der Waals surface area contributed by atoms with Crippen molar-refractivity contribution in [3.63, 3.8) is 0 Å². The number of nitrogens with one attached hydrogen (secondary N) is 2. The van der Waals surface area contributed by atoms with Crippen molar-refractivity contribution in [1.29, 1.82) is 0 Å². The van der Waals surface area contributed by atoms with E-state index in [9.17, 15) is 14.4 Å². The van der Waals surface area contributed by atoms with Crippen LogP contribution in [0.15, 0.2) is 66.7 Å². The quantitative estimate of drug-likeness (QED) is 0.132. The second kappa shape index (κ2) is 14.4. The van der Waals surface area contributed by atoms with Crippen LogP contribution in [0.5, 0.6) is 11.5 Å². The van der Waals surface area contributed by atoms with Crippen molar-refractivity contribution in [3.05, 3.63) is 82.3 Å². The predicted molar refractivity (Wildman–Crippen MR) is 151 cm³/mol. The lowest BCUT2D eigenvalue weighted by molar-refractivity contribution is -0.122. The summed E-state index contributed by atoms with van der Waals surface area (Å²) in [5, 5.41) is 6.09. The Bertz CT molecular complexity index is 1260. The van der Waals surface area contributed by atoms with Gasteiger partial charge in [0.25, 0.3) is 5.91 Å². The number of ether oxygens (including phenoxy) is 2. The average Bonchev–Trinajstić information content (AvgIpc) is 2.90. The molecule has 0 aliphatic heterocycles. The Labute approximate surface area is 232 Å². The lowest BCUT2D eigenvalue weighted by atomic mass is 10.1. The van der Waals surface area contributed by atoms with Crippen LogP contribution >= 0.6 is 23.2 Å². The first-order chi connectivity index (χ1) is 18.3. The van der Waals surface area contributed by atoms with Gasteiger partial charge in [0.05, 0.1) is 23.7 Å². The van der Waals surface area contributed by atoms with Gasteiger partial charge in [-0.25, -0.2) is 0 Å². The van der Waals surface area contributed by atoms with E-state index >= 15 is 0 Å². The van der Waals surface area contributed by atoms with E-state index in [1.54, 1.807) is 54.6 Å². The third-order valence-electron chi connectivity index (χ3n) is 5.51. The number of benzene rings is 3. The van der Waals surface area contributed by atoms with E-state index in [4.69, 9.17) is 32.7 Å². The van der Waals surface area contributed by atoms with Crippen LogP contribution in [0.25, 0.3) is 0 Å². The summed E-state index contributed by atoms with van der Waals surface area (Å²) in [7, 11) is 0. The fraction of sp³-hybridized carbons (Fsp3) is 0.276. The standard InChI is InChI=1S/C29H30Cl2N2O5/c1-3-5-15-37-22-10-12-23(13-11-22)38-27(4-2)29(36)32-21-8-6-7-19(16-21)26(34)18-28(35)33-25-17-20(30)9-14-24(25)31/h6-14,16-17,27H,3-5,15,18H2,1-2H3,(H,32,36)(H,33,35). The van der Waals surface area contributed by atoms with Gasteiger partial charge in [0.15, 0.2) is 11.9 Å². The molecule has 0 saturated carbocycles. The Morgan fingerprint density at radius 3 is 2.34 bits per heavy atom. The molecule has 0 fully saturated rings. The van der Waals surface area contributed by atoms with E-state index < -0.39 is 24.2 Å². The zero-order chi connectivity index (χ0) is 27.5. The summed E-state index contributed by atoms with van der Waals surface area (Å²) < 4.78 is 11.5. The Morgan fingerprint density at radius 2 is 1.63 bits per heavy atom. The molecule has 0 aliphatic carbocycles. The van der Waals surface area contributed by atoms with Crippen LogP contribution in [0.4, 0.5) is 11.4 Å². The molecular weight excluding hydrogens is 527 g/mol. The summed E-state index contributed by atoms with van der Waals surface area (Å²) >= 11 is 12.0. The molecule has 1 atom stereocenters. The number of hydrogen-bond donors (Lipinski definition) is 2. The number of unbranched alkanes of at least 4 members (excludes halogenated alkanes) is 1. The largest absolute Gasteiger partial charge is 0.494 e. The van der Waals surface area contributed by atoms with Crippen LogP contribution in [0.1, 0.15) is 49.9 Å². The van der Waals surface area contributed by atoms with Crippen molar-refractivity contribution in [2.45, 2.75) is 45.6 Å². The topological polar surface area (TPSA) is 93.7 Å². The average molecular weight is 557 g/mol. The van der Waals surface area contributed by atoms with E-state index in [-0.39, 0.29) is 11.5 Å². The summed E-state index contributed by atoms with van der Waals surface area (Å²) in [6.07, 6.45) is 1.33. The van der Waals surface area contributed by atoms with E-state index in [1.807, 2.05) is 6.92 Å². The monoisotopic (exact) mass is 556 g/mol. The molecule has 3 rings (SSSR count). The van der Waals surface area contributed by atoms with Crippen molar-refractivity contribution in [3.8, 4) is 11.5 Å². The normalized spacial score (nSPS) is 11.4. The molecule has 7 nitrogen and oxygen atoms in total. The number of anilines is 2. The number of amides is 2. The number of carbonyl (C=O) groups is 3. The maximum atomic E-state index is 12.9. The van der Waals surface area contributed by atoms with Gasteiger partial charge < -0.3 is 20.1 Å². The molecular formula is C29H30Cl2N2O5. The molecule has 0 spiro atoms. The van der Waals surface area contributed by atoms with Gasteiger partial charge in [-0.15, -0.1) is 0 Å². The number of rotatable bonds is 13. The SMILES string of the molecule is CCCCOc1ccc(OC(CC)C(=O)Nc2cccc(C(=O)CC(=O)Nc3cc(Cl)ccc3Cl)c2)cc1. The number of carbonyl (C=O) groups excluding carboxylic acids is 3. The highest BCUT2D eigenvalue weighted by atomic mass is 35.5. The van der Waals surface area contributed by atoms with Crippen LogP contribution in [0.2, 0.25) is 10.0 Å². The van der Waals surface area contributed by atoms with Crippen LogP contribution in [0, 0.1) is 0 Å². The van der Waals surface area contributed by atoms with Crippen LogP contribution in [-0.4, -0.2) is 30.3 Å². The van der Waals surface area contributed by atoms with E-state index in [2.05, 4.69) is 17.6 Å². The maximum Gasteiger partial charge on any atom is 0.265 e. The zero-order valence-electron chi connectivity index (χ0n) is 21.3. The van der Waals surface area contributed by atoms with Crippen LogP contribution in [-0.2, 0) is 9.59 Å². The molecule has 0 heterocycles. The zero-order valence-corrected chi connectivity index (χ0v) is 22.8. The van der Waals surface area contributed by atoms with Crippen molar-refractivity contribution in [2.75, 3.05) is 17.2 Å². The first-order valence-electron chi connectivity index (χ1n) is 12.4. The molecule has 200 valence electrons. The third-order valence-corrected chi connectivity index (χ3v) is 6.07. The number of halogens is 2. The highest BCUT2D eigenvalue weighted by Gasteiger charge is 2.20. The Hall–Kier alpha value is -3.55. The minimum Gasteiger partial charge on any atom is -0.494 e. The van der Waals surface area contributed by atoms with Crippen LogP contribution < -0.4 is 20.1 Å². The molecule has 3 aromatic rings. The highest BCUT2D eigenvalue weighted by molar-refractivity contribution is 6.35. The fourth-order valence-electron chi connectivity index (χ4n) is 3.46. The number of Topliss-reactive ketones (excluding diaryl/α,β-unsaturated/α-hetero) is 1. The number of hydrogen-bond acceptors (Lipinski definition) is 5. The van der Waals surface area contributed by atoms with E-state index in [0.29, 0.717) is 40.2 Å². The fourth-order valence-corrected chi connectivity index (χ4v) is 3.80. The molecule has 9 heteroatoms. The van der Waals surface area contributed by atoms with Crippen LogP contribution in [0.3, 0.4) is 0 Å². The molecule has 3 aromatic carbocycles. The van der Waals surface area contributed by atoms with Gasteiger partial charge in [0, 0.05) is 16.3 Å². The summed E-state index contributed by atoms with van der Waals surface area (Å²) in [4.78, 5) is 38.0. The first kappa shape index (κ1) is 29.0. The highest BCUT2D eigenvalue weighted by Crippen LogP contribution is 2.26. The third kappa shape index (κ3) is 8.78. The Kier molecular flexibility index (Phi) is 11.0. The molecule has 0 saturated heterocycles.